The quantitative estimate of drug-likeness (QED) is 0.433. The Bertz CT molecular complexity index is 1330. The van der Waals surface area contributed by atoms with E-state index in [-0.39, 0.29) is 12.2 Å². The lowest BCUT2D eigenvalue weighted by Gasteiger charge is -2.28. The van der Waals surface area contributed by atoms with Crippen LogP contribution >= 0.6 is 0 Å². The summed E-state index contributed by atoms with van der Waals surface area (Å²) in [5.41, 5.74) is 2.41. The summed E-state index contributed by atoms with van der Waals surface area (Å²) in [7, 11) is 5.72. The Balaban J connectivity index is 1.76. The zero-order valence-electron chi connectivity index (χ0n) is 21.4. The zero-order chi connectivity index (χ0) is 26.5. The van der Waals surface area contributed by atoms with E-state index < -0.39 is 23.1 Å². The number of hydrogen-bond donors (Lipinski definition) is 1. The molecule has 1 aliphatic heterocycles. The fourth-order valence-electron chi connectivity index (χ4n) is 4.70. The molecule has 1 aromatic heterocycles. The number of aromatic hydroxyl groups is 1. The van der Waals surface area contributed by atoms with Gasteiger partial charge in [0.2, 0.25) is 11.2 Å². The van der Waals surface area contributed by atoms with Gasteiger partial charge in [-0.25, -0.2) is 0 Å². The van der Waals surface area contributed by atoms with Crippen LogP contribution in [0.1, 0.15) is 40.5 Å². The Morgan fingerprint density at radius 3 is 2.35 bits per heavy atom. The highest BCUT2D eigenvalue weighted by molar-refractivity contribution is 5.72. The van der Waals surface area contributed by atoms with Crippen molar-refractivity contribution in [1.29, 1.82) is 0 Å². The van der Waals surface area contributed by atoms with Crippen LogP contribution in [-0.4, -0.2) is 51.0 Å². The van der Waals surface area contributed by atoms with E-state index in [1.807, 2.05) is 12.1 Å². The first-order valence-corrected chi connectivity index (χ1v) is 11.9. The van der Waals surface area contributed by atoms with Crippen molar-refractivity contribution in [3.05, 3.63) is 80.9 Å². The molecule has 0 spiro atoms. The molecule has 1 unspecified atom stereocenters. The van der Waals surface area contributed by atoms with E-state index in [4.69, 9.17) is 23.4 Å². The lowest BCUT2D eigenvalue weighted by Crippen LogP contribution is -2.30. The first-order valence-electron chi connectivity index (χ1n) is 11.9. The van der Waals surface area contributed by atoms with Crippen LogP contribution in [0.25, 0.3) is 0 Å². The Labute approximate surface area is 215 Å². The van der Waals surface area contributed by atoms with E-state index in [2.05, 4.69) is 17.0 Å². The third-order valence-corrected chi connectivity index (χ3v) is 6.62. The predicted molar refractivity (Wildman–Crippen MR) is 135 cm³/mol. The molecule has 196 valence electrons. The highest BCUT2D eigenvalue weighted by Gasteiger charge is 2.31. The minimum absolute atomic E-state index is 0.0455. The topological polar surface area (TPSA) is 108 Å². The number of hydrogen-bond acceptors (Lipinski definition) is 9. The van der Waals surface area contributed by atoms with Crippen molar-refractivity contribution in [2.75, 3.05) is 35.0 Å². The molecule has 2 aromatic carbocycles. The second-order valence-corrected chi connectivity index (χ2v) is 8.80. The Morgan fingerprint density at radius 1 is 1.00 bits per heavy atom. The normalized spacial score (nSPS) is 13.9. The second-order valence-electron chi connectivity index (χ2n) is 8.80. The van der Waals surface area contributed by atoms with E-state index in [0.29, 0.717) is 41.7 Å². The maximum absolute atomic E-state index is 12.8. The predicted octanol–water partition coefficient (Wildman–Crippen LogP) is 3.62. The van der Waals surface area contributed by atoms with Gasteiger partial charge in [-0.2, -0.15) is 0 Å². The van der Waals surface area contributed by atoms with Crippen LogP contribution in [0.4, 0.5) is 0 Å². The first kappa shape index (κ1) is 26.1. The summed E-state index contributed by atoms with van der Waals surface area (Å²) < 4.78 is 27.4. The summed E-state index contributed by atoms with van der Waals surface area (Å²) in [5, 5.41) is 10.8. The summed E-state index contributed by atoms with van der Waals surface area (Å²) in [6.07, 6.45) is 0.679. The Kier molecular flexibility index (Phi) is 8.03. The maximum atomic E-state index is 12.8. The minimum atomic E-state index is -0.892. The highest BCUT2D eigenvalue weighted by Crippen LogP contribution is 2.43. The number of benzene rings is 2. The highest BCUT2D eigenvalue weighted by atomic mass is 16.5. The average Bonchev–Trinajstić information content (AvgIpc) is 2.92. The maximum Gasteiger partial charge on any atom is 0.306 e. The van der Waals surface area contributed by atoms with Crippen LogP contribution in [-0.2, 0) is 29.0 Å². The van der Waals surface area contributed by atoms with Crippen LogP contribution in [0.15, 0.2) is 51.7 Å². The van der Waals surface area contributed by atoms with Crippen LogP contribution in [0.5, 0.6) is 23.0 Å². The van der Waals surface area contributed by atoms with Gasteiger partial charge in [0, 0.05) is 30.8 Å². The molecule has 0 saturated heterocycles. The van der Waals surface area contributed by atoms with Crippen LogP contribution in [0, 0.1) is 0 Å². The molecule has 0 radical (unpaired) electrons. The molecule has 0 amide bonds. The molecule has 1 atom stereocenters. The van der Waals surface area contributed by atoms with Gasteiger partial charge in [-0.3, -0.25) is 14.5 Å². The molecule has 1 N–H and O–H groups in total. The number of esters is 1. The van der Waals surface area contributed by atoms with E-state index in [9.17, 15) is 14.7 Å². The summed E-state index contributed by atoms with van der Waals surface area (Å²) in [5.74, 6) is -0.505. The van der Waals surface area contributed by atoms with Crippen molar-refractivity contribution in [1.82, 2.24) is 4.90 Å². The fraction of sp³-hybridized carbons (Fsp3) is 0.357. The van der Waals surface area contributed by atoms with Crippen molar-refractivity contribution >= 4 is 5.97 Å². The fourth-order valence-corrected chi connectivity index (χ4v) is 4.70. The summed E-state index contributed by atoms with van der Waals surface area (Å²) in [4.78, 5) is 27.5. The Hall–Kier alpha value is -3.98. The zero-order valence-corrected chi connectivity index (χ0v) is 21.4. The number of carbonyl (C=O) groups is 1. The largest absolute Gasteiger partial charge is 0.502 e. The standard InChI is InChI=1S/C28H31NO8/c1-33-23-14-25(35-3)24(34-2)12-20(23)21(13-26(31)36-4)28-27(32)22(30)11-19(37-28)16-29-10-9-17-7-5-6-8-18(17)15-29/h5-8,11-12,14,21,32H,9-10,13,15-16H2,1-4H3. The molecule has 37 heavy (non-hydrogen) atoms. The molecule has 3 aromatic rings. The second kappa shape index (κ2) is 11.4. The molecule has 0 bridgehead atoms. The van der Waals surface area contributed by atoms with Gasteiger partial charge in [0.1, 0.15) is 11.5 Å². The minimum Gasteiger partial charge on any atom is -0.502 e. The molecule has 1 aliphatic rings. The molecule has 2 heterocycles. The molecule has 9 heteroatoms. The molecular weight excluding hydrogens is 478 g/mol. The van der Waals surface area contributed by atoms with Gasteiger partial charge in [0.15, 0.2) is 17.3 Å². The summed E-state index contributed by atoms with van der Waals surface area (Å²) >= 11 is 0. The summed E-state index contributed by atoms with van der Waals surface area (Å²) in [6.45, 7) is 1.88. The number of ether oxygens (including phenoxy) is 4. The monoisotopic (exact) mass is 509 g/mol. The molecule has 0 fully saturated rings. The van der Waals surface area contributed by atoms with Crippen molar-refractivity contribution in [2.24, 2.45) is 0 Å². The number of carbonyl (C=O) groups excluding carboxylic acids is 1. The number of fused-ring (bicyclic) bond motifs is 1. The Morgan fingerprint density at radius 2 is 1.68 bits per heavy atom. The van der Waals surface area contributed by atoms with E-state index in [1.165, 1.54) is 45.6 Å². The van der Waals surface area contributed by atoms with Crippen molar-refractivity contribution < 1.29 is 33.3 Å². The van der Waals surface area contributed by atoms with Gasteiger partial charge in [0.25, 0.3) is 0 Å². The van der Waals surface area contributed by atoms with E-state index >= 15 is 0 Å². The third kappa shape index (κ3) is 5.56. The molecular formula is C28H31NO8. The lowest BCUT2D eigenvalue weighted by molar-refractivity contribution is -0.140. The van der Waals surface area contributed by atoms with E-state index in [0.717, 1.165) is 13.0 Å². The van der Waals surface area contributed by atoms with Gasteiger partial charge < -0.3 is 28.5 Å². The number of nitrogens with zero attached hydrogens (tertiary/aromatic N) is 1. The van der Waals surface area contributed by atoms with Gasteiger partial charge in [-0.05, 0) is 23.6 Å². The molecule has 0 saturated carbocycles. The van der Waals surface area contributed by atoms with Crippen molar-refractivity contribution in [3.8, 4) is 23.0 Å². The van der Waals surface area contributed by atoms with Crippen molar-refractivity contribution in [3.63, 3.8) is 0 Å². The lowest BCUT2D eigenvalue weighted by atomic mass is 9.91. The van der Waals surface area contributed by atoms with Crippen LogP contribution in [0.2, 0.25) is 0 Å². The summed E-state index contributed by atoms with van der Waals surface area (Å²) in [6, 6.07) is 12.8. The van der Waals surface area contributed by atoms with Gasteiger partial charge in [-0.1, -0.05) is 24.3 Å². The van der Waals surface area contributed by atoms with Crippen molar-refractivity contribution in [2.45, 2.75) is 31.8 Å². The number of rotatable bonds is 9. The van der Waals surface area contributed by atoms with Gasteiger partial charge in [-0.15, -0.1) is 0 Å². The third-order valence-electron chi connectivity index (χ3n) is 6.62. The SMILES string of the molecule is COC(=O)CC(c1cc(OC)c(OC)cc1OC)c1oc(CN2CCc3ccccc3C2)cc(=O)c1O. The molecule has 9 nitrogen and oxygen atoms in total. The average molecular weight is 510 g/mol. The van der Waals surface area contributed by atoms with Gasteiger partial charge in [0.05, 0.1) is 47.3 Å². The van der Waals surface area contributed by atoms with Crippen LogP contribution in [0.3, 0.4) is 0 Å². The smallest absolute Gasteiger partial charge is 0.306 e. The molecule has 0 aliphatic carbocycles. The number of methoxy groups -OCH3 is 4. The first-order chi connectivity index (χ1) is 17.9. The van der Waals surface area contributed by atoms with E-state index in [1.54, 1.807) is 12.1 Å². The van der Waals surface area contributed by atoms with Gasteiger partial charge >= 0.3 is 5.97 Å². The molecule has 4 rings (SSSR count). The van der Waals surface area contributed by atoms with Crippen LogP contribution < -0.4 is 19.6 Å².